The van der Waals surface area contributed by atoms with Crippen molar-refractivity contribution >= 4 is 22.1 Å². The number of hydrogen-bond donors (Lipinski definition) is 2. The minimum absolute atomic E-state index is 0.893. The molecule has 0 bridgehead atoms. The maximum atomic E-state index is 4.35. The Morgan fingerprint density at radius 3 is 3.33 bits per heavy atom. The molecule has 0 aliphatic rings. The van der Waals surface area contributed by atoms with Crippen molar-refractivity contribution in [2.45, 2.75) is 0 Å². The standard InChI is InChI=1S/C8H6N4/c1-2-9-8-5(1)3-6-7(11-8)4-10-12-6/h1-4H,(H,9,11)(H,10,12). The summed E-state index contributed by atoms with van der Waals surface area (Å²) in [6, 6.07) is 4.02. The third-order valence-corrected chi connectivity index (χ3v) is 1.94. The van der Waals surface area contributed by atoms with Crippen LogP contribution in [0.3, 0.4) is 0 Å². The first-order valence-corrected chi connectivity index (χ1v) is 3.71. The van der Waals surface area contributed by atoms with Gasteiger partial charge in [-0.15, -0.1) is 0 Å². The predicted molar refractivity (Wildman–Crippen MR) is 45.7 cm³/mol. The zero-order valence-corrected chi connectivity index (χ0v) is 6.20. The van der Waals surface area contributed by atoms with E-state index < -0.39 is 0 Å². The van der Waals surface area contributed by atoms with Crippen LogP contribution in [-0.2, 0) is 0 Å². The quantitative estimate of drug-likeness (QED) is 0.520. The minimum atomic E-state index is 0.893. The number of H-pyrrole nitrogens is 2. The SMILES string of the molecule is c1cc2cc3[nH]ncc3nc2[nH]1. The van der Waals surface area contributed by atoms with Gasteiger partial charge in [-0.25, -0.2) is 4.98 Å². The number of nitrogens with zero attached hydrogens (tertiary/aromatic N) is 2. The van der Waals surface area contributed by atoms with Crippen LogP contribution in [0.4, 0.5) is 0 Å². The third-order valence-electron chi connectivity index (χ3n) is 1.94. The highest BCUT2D eigenvalue weighted by molar-refractivity contribution is 5.88. The number of pyridine rings is 1. The van der Waals surface area contributed by atoms with Crippen molar-refractivity contribution < 1.29 is 0 Å². The smallest absolute Gasteiger partial charge is 0.138 e. The molecule has 0 spiro atoms. The van der Waals surface area contributed by atoms with Crippen LogP contribution < -0.4 is 0 Å². The molecule has 4 heteroatoms. The van der Waals surface area contributed by atoms with Crippen molar-refractivity contribution in [2.24, 2.45) is 0 Å². The molecule has 12 heavy (non-hydrogen) atoms. The van der Waals surface area contributed by atoms with Crippen LogP contribution in [0.2, 0.25) is 0 Å². The van der Waals surface area contributed by atoms with E-state index in [2.05, 4.69) is 20.2 Å². The fourth-order valence-electron chi connectivity index (χ4n) is 1.35. The van der Waals surface area contributed by atoms with E-state index in [4.69, 9.17) is 0 Å². The summed E-state index contributed by atoms with van der Waals surface area (Å²) in [5.41, 5.74) is 2.77. The summed E-state index contributed by atoms with van der Waals surface area (Å²) in [5, 5.41) is 7.88. The molecule has 0 aliphatic carbocycles. The molecule has 0 amide bonds. The Kier molecular flexibility index (Phi) is 0.889. The van der Waals surface area contributed by atoms with E-state index in [1.807, 2.05) is 18.3 Å². The Morgan fingerprint density at radius 1 is 1.33 bits per heavy atom. The number of aromatic amines is 2. The van der Waals surface area contributed by atoms with Gasteiger partial charge in [0.15, 0.2) is 0 Å². The normalized spacial score (nSPS) is 11.3. The number of rotatable bonds is 0. The van der Waals surface area contributed by atoms with Gasteiger partial charge < -0.3 is 4.98 Å². The van der Waals surface area contributed by atoms with Crippen LogP contribution in [0.25, 0.3) is 22.1 Å². The molecule has 0 saturated carbocycles. The second kappa shape index (κ2) is 1.85. The Bertz CT molecular complexity index is 443. The van der Waals surface area contributed by atoms with Gasteiger partial charge in [-0.05, 0) is 12.1 Å². The van der Waals surface area contributed by atoms with Crippen molar-refractivity contribution in [3.63, 3.8) is 0 Å². The lowest BCUT2D eigenvalue weighted by atomic mass is 10.3. The summed E-state index contributed by atoms with van der Waals surface area (Å²) in [5.74, 6) is 0. The molecule has 3 heterocycles. The van der Waals surface area contributed by atoms with Crippen LogP contribution in [0, 0.1) is 0 Å². The lowest BCUT2D eigenvalue weighted by Crippen LogP contribution is -1.76. The average Bonchev–Trinajstić information content (AvgIpc) is 2.64. The number of hydrogen-bond acceptors (Lipinski definition) is 2. The van der Waals surface area contributed by atoms with E-state index in [9.17, 15) is 0 Å². The summed E-state index contributed by atoms with van der Waals surface area (Å²) in [4.78, 5) is 7.40. The molecule has 0 atom stereocenters. The van der Waals surface area contributed by atoms with Gasteiger partial charge in [-0.1, -0.05) is 0 Å². The summed E-state index contributed by atoms with van der Waals surface area (Å²) < 4.78 is 0. The maximum absolute atomic E-state index is 4.35. The number of aromatic nitrogens is 4. The third kappa shape index (κ3) is 0.611. The molecule has 3 aromatic heterocycles. The van der Waals surface area contributed by atoms with E-state index in [-0.39, 0.29) is 0 Å². The van der Waals surface area contributed by atoms with Gasteiger partial charge in [0, 0.05) is 11.6 Å². The molecule has 3 rings (SSSR count). The van der Waals surface area contributed by atoms with Crippen LogP contribution >= 0.6 is 0 Å². The summed E-state index contributed by atoms with van der Waals surface area (Å²) in [6.07, 6.45) is 3.60. The summed E-state index contributed by atoms with van der Waals surface area (Å²) in [7, 11) is 0. The van der Waals surface area contributed by atoms with Crippen molar-refractivity contribution in [1.29, 1.82) is 0 Å². The van der Waals surface area contributed by atoms with Gasteiger partial charge >= 0.3 is 0 Å². The van der Waals surface area contributed by atoms with Gasteiger partial charge in [-0.3, -0.25) is 5.10 Å². The summed E-state index contributed by atoms with van der Waals surface area (Å²) >= 11 is 0. The molecular weight excluding hydrogens is 152 g/mol. The van der Waals surface area contributed by atoms with E-state index in [0.717, 1.165) is 22.1 Å². The largest absolute Gasteiger partial charge is 0.346 e. The van der Waals surface area contributed by atoms with Crippen molar-refractivity contribution in [3.05, 3.63) is 24.5 Å². The monoisotopic (exact) mass is 158 g/mol. The van der Waals surface area contributed by atoms with Gasteiger partial charge in [0.05, 0.1) is 11.7 Å². The lowest BCUT2D eigenvalue weighted by molar-refractivity contribution is 1.12. The Labute approximate surface area is 67.6 Å². The van der Waals surface area contributed by atoms with Gasteiger partial charge in [0.25, 0.3) is 0 Å². The Hall–Kier alpha value is -1.84. The van der Waals surface area contributed by atoms with Gasteiger partial charge in [0.2, 0.25) is 0 Å². The van der Waals surface area contributed by atoms with Crippen molar-refractivity contribution in [1.82, 2.24) is 20.2 Å². The molecule has 0 radical (unpaired) electrons. The van der Waals surface area contributed by atoms with Crippen LogP contribution in [0.1, 0.15) is 0 Å². The number of fused-ring (bicyclic) bond motifs is 2. The van der Waals surface area contributed by atoms with Crippen LogP contribution in [0.5, 0.6) is 0 Å². The van der Waals surface area contributed by atoms with Crippen molar-refractivity contribution in [3.8, 4) is 0 Å². The van der Waals surface area contributed by atoms with Gasteiger partial charge in [0.1, 0.15) is 11.2 Å². The van der Waals surface area contributed by atoms with Gasteiger partial charge in [-0.2, -0.15) is 5.10 Å². The molecule has 0 unspecified atom stereocenters. The summed E-state index contributed by atoms with van der Waals surface area (Å²) in [6.45, 7) is 0. The second-order valence-corrected chi connectivity index (χ2v) is 2.71. The zero-order chi connectivity index (χ0) is 7.97. The Balaban J connectivity index is 2.62. The lowest BCUT2D eigenvalue weighted by Gasteiger charge is -1.88. The van der Waals surface area contributed by atoms with Crippen LogP contribution in [0.15, 0.2) is 24.5 Å². The molecule has 3 aromatic rings. The molecule has 58 valence electrons. The van der Waals surface area contributed by atoms with E-state index in [1.165, 1.54) is 0 Å². The van der Waals surface area contributed by atoms with E-state index in [1.54, 1.807) is 6.20 Å². The highest BCUT2D eigenvalue weighted by atomic mass is 15.1. The first-order chi connectivity index (χ1) is 5.93. The second-order valence-electron chi connectivity index (χ2n) is 2.71. The molecular formula is C8H6N4. The minimum Gasteiger partial charge on any atom is -0.346 e. The predicted octanol–water partition coefficient (Wildman–Crippen LogP) is 1.44. The molecule has 0 fully saturated rings. The first-order valence-electron chi connectivity index (χ1n) is 3.71. The number of nitrogens with one attached hydrogen (secondary N) is 2. The average molecular weight is 158 g/mol. The fourth-order valence-corrected chi connectivity index (χ4v) is 1.35. The van der Waals surface area contributed by atoms with E-state index >= 15 is 0 Å². The molecule has 0 saturated heterocycles. The molecule has 0 aliphatic heterocycles. The fraction of sp³-hybridized carbons (Fsp3) is 0. The molecule has 0 aromatic carbocycles. The van der Waals surface area contributed by atoms with Crippen molar-refractivity contribution in [2.75, 3.05) is 0 Å². The molecule has 4 nitrogen and oxygen atoms in total. The zero-order valence-electron chi connectivity index (χ0n) is 6.20. The maximum Gasteiger partial charge on any atom is 0.138 e. The highest BCUT2D eigenvalue weighted by Crippen LogP contribution is 2.15. The van der Waals surface area contributed by atoms with Crippen LogP contribution in [-0.4, -0.2) is 20.2 Å². The Morgan fingerprint density at radius 2 is 2.33 bits per heavy atom. The molecule has 2 N–H and O–H groups in total. The topological polar surface area (TPSA) is 57.4 Å². The first kappa shape index (κ1) is 5.77. The van der Waals surface area contributed by atoms with E-state index in [0.29, 0.717) is 0 Å². The highest BCUT2D eigenvalue weighted by Gasteiger charge is 2.00.